The lowest BCUT2D eigenvalue weighted by Gasteiger charge is -2.07. The molecule has 2 aromatic carbocycles. The van der Waals surface area contributed by atoms with E-state index in [2.05, 4.69) is 13.2 Å². The van der Waals surface area contributed by atoms with Crippen LogP contribution in [0.15, 0.2) is 83.6 Å². The topological polar surface area (TPSA) is 71.1 Å². The summed E-state index contributed by atoms with van der Waals surface area (Å²) in [6, 6.07) is 14.0. The lowest BCUT2D eigenvalue weighted by molar-refractivity contribution is 0.108. The van der Waals surface area contributed by atoms with Crippen LogP contribution in [0, 0.1) is 0 Å². The summed E-state index contributed by atoms with van der Waals surface area (Å²) in [5, 5.41) is 0. The van der Waals surface area contributed by atoms with Crippen LogP contribution in [0.2, 0.25) is 0 Å². The predicted octanol–water partition coefficient (Wildman–Crippen LogP) is 5.24. The average molecular weight is 386 g/mol. The zero-order valence-electron chi connectivity index (χ0n) is 14.5. The molecule has 0 bridgehead atoms. The monoisotopic (exact) mass is 386 g/mol. The first kappa shape index (κ1) is 20.1. The smallest absolute Gasteiger partial charge is 0.430 e. The molecule has 0 saturated heterocycles. The van der Waals surface area contributed by atoms with E-state index in [4.69, 9.17) is 18.9 Å². The zero-order valence-corrected chi connectivity index (χ0v) is 15.3. The highest BCUT2D eigenvalue weighted by atomic mass is 32.2. The molecule has 0 amide bonds. The van der Waals surface area contributed by atoms with Crippen molar-refractivity contribution in [1.82, 2.24) is 0 Å². The molecule has 0 aliphatic rings. The maximum Gasteiger partial charge on any atom is 0.514 e. The van der Waals surface area contributed by atoms with Gasteiger partial charge in [0.2, 0.25) is 0 Å². The standard InChI is InChI=1S/C20H18O6S/c1-3-13-23-19(21)25-15-5-9-17(10-6-15)27-18-11-7-16(8-12-18)26-20(22)24-14-4-2/h3-12H,1-2,13-14H2. The summed E-state index contributed by atoms with van der Waals surface area (Å²) < 4.78 is 19.5. The molecule has 0 fully saturated rings. The quantitative estimate of drug-likeness (QED) is 0.349. The highest BCUT2D eigenvalue weighted by molar-refractivity contribution is 7.99. The molecule has 0 radical (unpaired) electrons. The largest absolute Gasteiger partial charge is 0.514 e. The summed E-state index contributed by atoms with van der Waals surface area (Å²) in [6.45, 7) is 7.10. The van der Waals surface area contributed by atoms with Gasteiger partial charge in [-0.2, -0.15) is 0 Å². The van der Waals surface area contributed by atoms with Crippen LogP contribution in [-0.2, 0) is 9.47 Å². The molecule has 0 aliphatic carbocycles. The number of benzene rings is 2. The van der Waals surface area contributed by atoms with Gasteiger partial charge in [-0.3, -0.25) is 0 Å². The number of carbonyl (C=O) groups is 2. The molecule has 0 spiro atoms. The summed E-state index contributed by atoms with van der Waals surface area (Å²) in [5.74, 6) is 0.769. The van der Waals surface area contributed by atoms with E-state index in [1.165, 1.54) is 23.9 Å². The highest BCUT2D eigenvalue weighted by Crippen LogP contribution is 2.30. The molecule has 0 aromatic heterocycles. The number of rotatable bonds is 8. The van der Waals surface area contributed by atoms with Crippen molar-refractivity contribution in [2.75, 3.05) is 13.2 Å². The second kappa shape index (κ2) is 10.7. The van der Waals surface area contributed by atoms with Gasteiger partial charge in [0.05, 0.1) is 0 Å². The number of hydrogen-bond donors (Lipinski definition) is 0. The first-order valence-corrected chi connectivity index (χ1v) is 8.71. The van der Waals surface area contributed by atoms with Gasteiger partial charge >= 0.3 is 12.3 Å². The van der Waals surface area contributed by atoms with Gasteiger partial charge in [-0.25, -0.2) is 9.59 Å². The second-order valence-electron chi connectivity index (χ2n) is 4.95. The van der Waals surface area contributed by atoms with E-state index >= 15 is 0 Å². The molecule has 0 atom stereocenters. The fraction of sp³-hybridized carbons (Fsp3) is 0.100. The minimum absolute atomic E-state index is 0.0957. The number of ether oxygens (including phenoxy) is 4. The molecule has 7 heteroatoms. The second-order valence-corrected chi connectivity index (χ2v) is 6.10. The molecule has 140 valence electrons. The Morgan fingerprint density at radius 1 is 0.741 bits per heavy atom. The summed E-state index contributed by atoms with van der Waals surface area (Å²) in [5.41, 5.74) is 0. The van der Waals surface area contributed by atoms with Crippen molar-refractivity contribution in [3.8, 4) is 11.5 Å². The zero-order chi connectivity index (χ0) is 19.5. The predicted molar refractivity (Wildman–Crippen MR) is 101 cm³/mol. The van der Waals surface area contributed by atoms with Gasteiger partial charge < -0.3 is 18.9 Å². The van der Waals surface area contributed by atoms with Crippen molar-refractivity contribution in [2.45, 2.75) is 9.79 Å². The van der Waals surface area contributed by atoms with Crippen LogP contribution in [0.1, 0.15) is 0 Å². The molecule has 27 heavy (non-hydrogen) atoms. The first-order valence-electron chi connectivity index (χ1n) is 7.89. The van der Waals surface area contributed by atoms with E-state index in [9.17, 15) is 9.59 Å². The minimum atomic E-state index is -0.780. The molecular formula is C20H18O6S. The first-order chi connectivity index (χ1) is 13.1. The van der Waals surface area contributed by atoms with Gasteiger partial charge in [0.15, 0.2) is 0 Å². The number of carbonyl (C=O) groups excluding carboxylic acids is 2. The molecule has 0 unspecified atom stereocenters. The lowest BCUT2D eigenvalue weighted by Crippen LogP contribution is -2.10. The summed E-state index contributed by atoms with van der Waals surface area (Å²) in [4.78, 5) is 24.6. The van der Waals surface area contributed by atoms with E-state index in [0.717, 1.165) is 9.79 Å². The fourth-order valence-electron chi connectivity index (χ4n) is 1.79. The third-order valence-corrected chi connectivity index (χ3v) is 3.94. The van der Waals surface area contributed by atoms with Crippen molar-refractivity contribution < 1.29 is 28.5 Å². The Labute approximate surface area is 161 Å². The van der Waals surface area contributed by atoms with Crippen molar-refractivity contribution in [2.24, 2.45) is 0 Å². The average Bonchev–Trinajstić information content (AvgIpc) is 2.68. The molecule has 0 N–H and O–H groups in total. The van der Waals surface area contributed by atoms with Crippen LogP contribution in [0.25, 0.3) is 0 Å². The van der Waals surface area contributed by atoms with Crippen molar-refractivity contribution >= 4 is 24.1 Å². The van der Waals surface area contributed by atoms with Gasteiger partial charge in [-0.15, -0.1) is 0 Å². The van der Waals surface area contributed by atoms with Crippen molar-refractivity contribution in [1.29, 1.82) is 0 Å². The maximum absolute atomic E-state index is 11.4. The Kier molecular flexibility index (Phi) is 7.99. The van der Waals surface area contributed by atoms with Crippen LogP contribution >= 0.6 is 11.8 Å². The van der Waals surface area contributed by atoms with E-state index in [1.807, 2.05) is 24.3 Å². The Hall–Kier alpha value is -3.19. The van der Waals surface area contributed by atoms with Crippen LogP contribution in [-0.4, -0.2) is 25.5 Å². The van der Waals surface area contributed by atoms with E-state index < -0.39 is 12.3 Å². The Morgan fingerprint density at radius 2 is 1.11 bits per heavy atom. The third kappa shape index (κ3) is 7.29. The SMILES string of the molecule is C=CCOC(=O)Oc1ccc(Sc2ccc(OC(=O)OCC=C)cc2)cc1. The lowest BCUT2D eigenvalue weighted by atomic mass is 10.3. The third-order valence-electron chi connectivity index (χ3n) is 2.92. The summed E-state index contributed by atoms with van der Waals surface area (Å²) in [6.07, 6.45) is 1.36. The molecule has 0 saturated carbocycles. The molecule has 6 nitrogen and oxygen atoms in total. The Morgan fingerprint density at radius 3 is 1.44 bits per heavy atom. The van der Waals surface area contributed by atoms with Gasteiger partial charge in [-0.1, -0.05) is 37.1 Å². The van der Waals surface area contributed by atoms with Crippen LogP contribution in [0.5, 0.6) is 11.5 Å². The van der Waals surface area contributed by atoms with Crippen molar-refractivity contribution in [3.63, 3.8) is 0 Å². The van der Waals surface area contributed by atoms with E-state index in [1.54, 1.807) is 24.3 Å². The summed E-state index contributed by atoms with van der Waals surface area (Å²) in [7, 11) is 0. The number of hydrogen-bond acceptors (Lipinski definition) is 7. The minimum Gasteiger partial charge on any atom is -0.430 e. The Balaban J connectivity index is 1.87. The molecule has 2 rings (SSSR count). The normalized spacial score (nSPS) is 9.78. The van der Waals surface area contributed by atoms with Crippen LogP contribution < -0.4 is 9.47 Å². The molecule has 2 aromatic rings. The molecular weight excluding hydrogens is 368 g/mol. The molecule has 0 heterocycles. The van der Waals surface area contributed by atoms with Crippen LogP contribution in [0.4, 0.5) is 9.59 Å². The van der Waals surface area contributed by atoms with Gasteiger partial charge in [-0.05, 0) is 48.5 Å². The molecule has 0 aliphatic heterocycles. The highest BCUT2D eigenvalue weighted by Gasteiger charge is 2.07. The van der Waals surface area contributed by atoms with Gasteiger partial charge in [0, 0.05) is 9.79 Å². The fourth-order valence-corrected chi connectivity index (χ4v) is 2.61. The van der Waals surface area contributed by atoms with Gasteiger partial charge in [0.25, 0.3) is 0 Å². The van der Waals surface area contributed by atoms with Crippen LogP contribution in [0.3, 0.4) is 0 Å². The Bertz CT molecular complexity index is 716. The van der Waals surface area contributed by atoms with Gasteiger partial charge in [0.1, 0.15) is 24.7 Å². The van der Waals surface area contributed by atoms with E-state index in [-0.39, 0.29) is 13.2 Å². The summed E-state index contributed by atoms with van der Waals surface area (Å²) >= 11 is 1.50. The van der Waals surface area contributed by atoms with E-state index in [0.29, 0.717) is 11.5 Å². The van der Waals surface area contributed by atoms with Crippen molar-refractivity contribution in [3.05, 3.63) is 73.8 Å². The maximum atomic E-state index is 11.4.